The number of aromatic nitrogens is 1. The number of nitrogens with one attached hydrogen (secondary N) is 2. The first-order valence-electron chi connectivity index (χ1n) is 9.77. The molecule has 6 heteroatoms. The molecule has 148 valence electrons. The van der Waals surface area contributed by atoms with E-state index in [1.807, 2.05) is 49.4 Å². The highest BCUT2D eigenvalue weighted by Gasteiger charge is 2.23. The molecule has 2 aromatic carbocycles. The maximum atomic E-state index is 13.0. The maximum absolute atomic E-state index is 13.0. The summed E-state index contributed by atoms with van der Waals surface area (Å²) >= 11 is 3.41. The van der Waals surface area contributed by atoms with Gasteiger partial charge in [0, 0.05) is 34.2 Å². The van der Waals surface area contributed by atoms with E-state index in [1.54, 1.807) is 0 Å². The molecule has 0 aliphatic heterocycles. The number of para-hydroxylation sites is 1. The first kappa shape index (κ1) is 19.6. The normalized spacial score (nSPS) is 12.6. The van der Waals surface area contributed by atoms with Crippen LogP contribution in [0.4, 0.5) is 5.69 Å². The van der Waals surface area contributed by atoms with E-state index in [4.69, 9.17) is 4.98 Å². The van der Waals surface area contributed by atoms with E-state index >= 15 is 0 Å². The van der Waals surface area contributed by atoms with E-state index in [0.717, 1.165) is 57.1 Å². The van der Waals surface area contributed by atoms with Crippen LogP contribution >= 0.6 is 15.9 Å². The van der Waals surface area contributed by atoms with Gasteiger partial charge < -0.3 is 10.6 Å². The number of rotatable bonds is 5. The summed E-state index contributed by atoms with van der Waals surface area (Å²) < 4.78 is 0.908. The average molecular weight is 452 g/mol. The predicted octanol–water partition coefficient (Wildman–Crippen LogP) is 4.55. The van der Waals surface area contributed by atoms with Crippen molar-refractivity contribution in [1.82, 2.24) is 10.3 Å². The van der Waals surface area contributed by atoms with Gasteiger partial charge in [-0.2, -0.15) is 0 Å². The summed E-state index contributed by atoms with van der Waals surface area (Å²) in [5, 5.41) is 6.71. The van der Waals surface area contributed by atoms with Crippen molar-refractivity contribution in [3.8, 4) is 0 Å². The fraction of sp³-hybridized carbons (Fsp3) is 0.261. The van der Waals surface area contributed by atoms with Crippen LogP contribution < -0.4 is 10.6 Å². The number of hydrogen-bond acceptors (Lipinski definition) is 3. The Morgan fingerprint density at radius 3 is 2.83 bits per heavy atom. The summed E-state index contributed by atoms with van der Waals surface area (Å²) in [5.74, 6) is -0.260. The SMILES string of the molecule is Cc1ccc(Br)cc1NC(=O)CCNC(=O)c1c2c(nc3ccccc13)CCC2. The standard InChI is InChI=1S/C23H22BrN3O2/c1-14-9-10-15(24)13-20(14)27-21(28)11-12-25-23(29)22-16-5-2-3-7-18(16)26-19-8-4-6-17(19)22/h2-3,5,7,9-10,13H,4,6,8,11-12H2,1H3,(H,25,29)(H,27,28). The van der Waals surface area contributed by atoms with Crippen molar-refractivity contribution in [2.24, 2.45) is 0 Å². The number of carbonyl (C=O) groups is 2. The molecule has 3 aromatic rings. The molecule has 0 radical (unpaired) electrons. The molecule has 2 N–H and O–H groups in total. The van der Waals surface area contributed by atoms with Gasteiger partial charge in [0.05, 0.1) is 11.1 Å². The Balaban J connectivity index is 1.44. The van der Waals surface area contributed by atoms with Gasteiger partial charge in [0.2, 0.25) is 5.91 Å². The third kappa shape index (κ3) is 4.17. The lowest BCUT2D eigenvalue weighted by molar-refractivity contribution is -0.116. The lowest BCUT2D eigenvalue weighted by Crippen LogP contribution is -2.29. The Morgan fingerprint density at radius 2 is 1.97 bits per heavy atom. The van der Waals surface area contributed by atoms with Crippen LogP contribution in [-0.4, -0.2) is 23.3 Å². The van der Waals surface area contributed by atoms with E-state index in [1.165, 1.54) is 0 Å². The molecule has 2 amide bonds. The number of hydrogen-bond donors (Lipinski definition) is 2. The third-order valence-electron chi connectivity index (χ3n) is 5.26. The van der Waals surface area contributed by atoms with Gasteiger partial charge >= 0.3 is 0 Å². The van der Waals surface area contributed by atoms with Crippen LogP contribution in [-0.2, 0) is 17.6 Å². The highest BCUT2D eigenvalue weighted by atomic mass is 79.9. The number of amides is 2. The maximum Gasteiger partial charge on any atom is 0.252 e. The summed E-state index contributed by atoms with van der Waals surface area (Å²) in [6.45, 7) is 2.22. The van der Waals surface area contributed by atoms with Crippen LogP contribution in [0, 0.1) is 6.92 Å². The minimum Gasteiger partial charge on any atom is -0.351 e. The minimum absolute atomic E-state index is 0.128. The van der Waals surface area contributed by atoms with E-state index < -0.39 is 0 Å². The van der Waals surface area contributed by atoms with Gasteiger partial charge in [-0.25, -0.2) is 0 Å². The van der Waals surface area contributed by atoms with Crippen LogP contribution in [0.15, 0.2) is 46.9 Å². The van der Waals surface area contributed by atoms with Gasteiger partial charge in [0.15, 0.2) is 0 Å². The number of carbonyl (C=O) groups excluding carboxylic acids is 2. The summed E-state index contributed by atoms with van der Waals surface area (Å²) in [5.41, 5.74) is 5.40. The quantitative estimate of drug-likeness (QED) is 0.597. The van der Waals surface area contributed by atoms with Gasteiger partial charge in [-0.1, -0.05) is 40.2 Å². The van der Waals surface area contributed by atoms with Crippen molar-refractivity contribution in [3.05, 3.63) is 69.3 Å². The van der Waals surface area contributed by atoms with Crippen LogP contribution in [0.2, 0.25) is 0 Å². The van der Waals surface area contributed by atoms with Crippen molar-refractivity contribution in [3.63, 3.8) is 0 Å². The molecule has 29 heavy (non-hydrogen) atoms. The Labute approximate surface area is 178 Å². The number of benzene rings is 2. The molecule has 1 heterocycles. The molecule has 0 bridgehead atoms. The molecule has 0 fully saturated rings. The molecule has 5 nitrogen and oxygen atoms in total. The zero-order valence-corrected chi connectivity index (χ0v) is 17.8. The minimum atomic E-state index is -0.131. The summed E-state index contributed by atoms with van der Waals surface area (Å²) in [7, 11) is 0. The number of fused-ring (bicyclic) bond motifs is 2. The fourth-order valence-electron chi connectivity index (χ4n) is 3.79. The zero-order valence-electron chi connectivity index (χ0n) is 16.2. The number of aryl methyl sites for hydroxylation is 2. The van der Waals surface area contributed by atoms with Crippen LogP contribution in [0.25, 0.3) is 10.9 Å². The molecule has 4 rings (SSSR count). The van der Waals surface area contributed by atoms with Gasteiger partial charge in [-0.05, 0) is 55.5 Å². The van der Waals surface area contributed by atoms with Crippen LogP contribution in [0.1, 0.15) is 40.0 Å². The molecule has 1 aliphatic rings. The molecular weight excluding hydrogens is 430 g/mol. The second-order valence-electron chi connectivity index (χ2n) is 7.30. The van der Waals surface area contributed by atoms with Crippen LogP contribution in [0.3, 0.4) is 0 Å². The van der Waals surface area contributed by atoms with Gasteiger partial charge in [0.25, 0.3) is 5.91 Å². The Hall–Kier alpha value is -2.73. The van der Waals surface area contributed by atoms with Gasteiger partial charge in [-0.3, -0.25) is 14.6 Å². The molecule has 0 unspecified atom stereocenters. The van der Waals surface area contributed by atoms with Crippen molar-refractivity contribution in [2.45, 2.75) is 32.6 Å². The number of anilines is 1. The van der Waals surface area contributed by atoms with Gasteiger partial charge in [-0.15, -0.1) is 0 Å². The average Bonchev–Trinajstić information content (AvgIpc) is 3.16. The van der Waals surface area contributed by atoms with Crippen molar-refractivity contribution < 1.29 is 9.59 Å². The molecule has 0 saturated heterocycles. The van der Waals surface area contributed by atoms with Gasteiger partial charge in [0.1, 0.15) is 0 Å². The molecule has 0 atom stereocenters. The molecule has 1 aromatic heterocycles. The first-order valence-corrected chi connectivity index (χ1v) is 10.6. The monoisotopic (exact) mass is 451 g/mol. The Bertz CT molecular complexity index is 1110. The predicted molar refractivity (Wildman–Crippen MR) is 118 cm³/mol. The van der Waals surface area contributed by atoms with E-state index in [0.29, 0.717) is 5.56 Å². The zero-order chi connectivity index (χ0) is 20.4. The lowest BCUT2D eigenvalue weighted by Gasteiger charge is -2.13. The summed E-state index contributed by atoms with van der Waals surface area (Å²) in [6.07, 6.45) is 3.02. The highest BCUT2D eigenvalue weighted by molar-refractivity contribution is 9.10. The Morgan fingerprint density at radius 1 is 1.14 bits per heavy atom. The lowest BCUT2D eigenvalue weighted by atomic mass is 10.0. The third-order valence-corrected chi connectivity index (χ3v) is 5.75. The number of halogens is 1. The van der Waals surface area contributed by atoms with E-state index in [2.05, 4.69) is 26.6 Å². The van der Waals surface area contributed by atoms with Crippen molar-refractivity contribution >= 4 is 44.3 Å². The number of nitrogens with zero attached hydrogens (tertiary/aromatic N) is 1. The first-order chi connectivity index (χ1) is 14.0. The highest BCUT2D eigenvalue weighted by Crippen LogP contribution is 2.29. The number of pyridine rings is 1. The summed E-state index contributed by atoms with van der Waals surface area (Å²) in [6, 6.07) is 13.5. The van der Waals surface area contributed by atoms with E-state index in [-0.39, 0.29) is 24.8 Å². The second kappa shape index (κ2) is 8.33. The van der Waals surface area contributed by atoms with Crippen molar-refractivity contribution in [2.75, 3.05) is 11.9 Å². The van der Waals surface area contributed by atoms with Crippen LogP contribution in [0.5, 0.6) is 0 Å². The van der Waals surface area contributed by atoms with Crippen molar-refractivity contribution in [1.29, 1.82) is 0 Å². The topological polar surface area (TPSA) is 71.1 Å². The molecule has 1 aliphatic carbocycles. The van der Waals surface area contributed by atoms with E-state index in [9.17, 15) is 9.59 Å². The molecule has 0 saturated carbocycles. The fourth-order valence-corrected chi connectivity index (χ4v) is 4.15. The molecule has 0 spiro atoms. The Kier molecular flexibility index (Phi) is 5.62. The largest absolute Gasteiger partial charge is 0.351 e. The smallest absolute Gasteiger partial charge is 0.252 e. The second-order valence-corrected chi connectivity index (χ2v) is 8.21. The molecular formula is C23H22BrN3O2. The summed E-state index contributed by atoms with van der Waals surface area (Å²) in [4.78, 5) is 30.0.